The summed E-state index contributed by atoms with van der Waals surface area (Å²) in [6.45, 7) is 7.99. The number of halogens is 2. The smallest absolute Gasteiger partial charge is 0.338 e. The van der Waals surface area contributed by atoms with Crippen molar-refractivity contribution in [3.63, 3.8) is 0 Å². The first-order valence-corrected chi connectivity index (χ1v) is 15.1. The van der Waals surface area contributed by atoms with Gasteiger partial charge in [0.1, 0.15) is 24.7 Å². The lowest BCUT2D eigenvalue weighted by molar-refractivity contribution is -0.139. The van der Waals surface area contributed by atoms with E-state index in [9.17, 15) is 9.59 Å². The predicted molar refractivity (Wildman–Crippen MR) is 170 cm³/mol. The van der Waals surface area contributed by atoms with E-state index >= 15 is 0 Å². The first kappa shape index (κ1) is 30.4. The van der Waals surface area contributed by atoms with E-state index in [1.807, 2.05) is 42.5 Å². The topological polar surface area (TPSA) is 79.1 Å². The Balaban J connectivity index is 1.52. The predicted octanol–water partition coefficient (Wildman–Crippen LogP) is 6.25. The van der Waals surface area contributed by atoms with Crippen molar-refractivity contribution in [2.75, 3.05) is 13.2 Å². The average molecular weight is 636 g/mol. The Bertz CT molecular complexity index is 1890. The molecule has 0 spiro atoms. The second kappa shape index (κ2) is 13.5. The van der Waals surface area contributed by atoms with Crippen molar-refractivity contribution in [2.24, 2.45) is 4.99 Å². The second-order valence-corrected chi connectivity index (χ2v) is 11.4. The van der Waals surface area contributed by atoms with Crippen LogP contribution < -0.4 is 24.4 Å². The van der Waals surface area contributed by atoms with Crippen LogP contribution >= 0.6 is 34.5 Å². The Morgan fingerprint density at radius 1 is 1.07 bits per heavy atom. The third kappa shape index (κ3) is 6.77. The zero-order valence-corrected chi connectivity index (χ0v) is 25.8. The SMILES string of the molecule is C=CCOc1ccc([C@H]2C(C(=O)OCC)=C(C)N=c3s/c(=C\c4cccc(OCc5ccc(Cl)cc5Cl)c4)c(=O)n32)cc1. The van der Waals surface area contributed by atoms with E-state index in [0.717, 1.165) is 16.7 Å². The molecule has 2 heterocycles. The van der Waals surface area contributed by atoms with E-state index in [1.165, 1.54) is 11.3 Å². The molecule has 0 radical (unpaired) electrons. The summed E-state index contributed by atoms with van der Waals surface area (Å²) in [7, 11) is 0. The van der Waals surface area contributed by atoms with E-state index in [2.05, 4.69) is 11.6 Å². The minimum Gasteiger partial charge on any atom is -0.490 e. The highest BCUT2D eigenvalue weighted by atomic mass is 35.5. The number of allylic oxidation sites excluding steroid dienone is 1. The van der Waals surface area contributed by atoms with Crippen molar-refractivity contribution >= 4 is 46.6 Å². The number of esters is 1. The fraction of sp³-hybridized carbons (Fsp3) is 0.182. The largest absolute Gasteiger partial charge is 0.490 e. The molecule has 3 aromatic carbocycles. The second-order valence-electron chi connectivity index (χ2n) is 9.57. The molecule has 0 saturated carbocycles. The number of ether oxygens (including phenoxy) is 3. The zero-order chi connectivity index (χ0) is 30.5. The van der Waals surface area contributed by atoms with Gasteiger partial charge in [-0.05, 0) is 67.4 Å². The van der Waals surface area contributed by atoms with Gasteiger partial charge in [0.25, 0.3) is 5.56 Å². The van der Waals surface area contributed by atoms with E-state index in [0.29, 0.717) is 48.8 Å². The highest BCUT2D eigenvalue weighted by Gasteiger charge is 2.33. The fourth-order valence-electron chi connectivity index (χ4n) is 4.65. The molecular formula is C33H28Cl2N2O5S. The van der Waals surface area contributed by atoms with E-state index < -0.39 is 12.0 Å². The summed E-state index contributed by atoms with van der Waals surface area (Å²) >= 11 is 13.5. The number of benzene rings is 3. The number of fused-ring (bicyclic) bond motifs is 1. The number of carbonyl (C=O) groups excluding carboxylic acids is 1. The molecule has 0 bridgehead atoms. The van der Waals surface area contributed by atoms with Gasteiger partial charge in [-0.3, -0.25) is 9.36 Å². The molecule has 0 unspecified atom stereocenters. The summed E-state index contributed by atoms with van der Waals surface area (Å²) in [6.07, 6.45) is 3.45. The van der Waals surface area contributed by atoms with Crippen LogP contribution in [0.2, 0.25) is 10.0 Å². The molecule has 4 aromatic rings. The molecule has 220 valence electrons. The van der Waals surface area contributed by atoms with Gasteiger partial charge < -0.3 is 14.2 Å². The van der Waals surface area contributed by atoms with Gasteiger partial charge >= 0.3 is 5.97 Å². The van der Waals surface area contributed by atoms with Gasteiger partial charge in [-0.15, -0.1) is 0 Å². The molecule has 0 amide bonds. The van der Waals surface area contributed by atoms with E-state index in [4.69, 9.17) is 37.4 Å². The Morgan fingerprint density at radius 3 is 2.58 bits per heavy atom. The Labute approximate surface area is 262 Å². The molecule has 43 heavy (non-hydrogen) atoms. The maximum atomic E-state index is 13.9. The van der Waals surface area contributed by atoms with Gasteiger partial charge in [0.15, 0.2) is 4.80 Å². The summed E-state index contributed by atoms with van der Waals surface area (Å²) in [5.74, 6) is 0.750. The van der Waals surface area contributed by atoms with Crippen molar-refractivity contribution in [3.05, 3.63) is 137 Å². The standard InChI is InChI=1S/C33H28Cl2N2O5S/c1-4-15-41-25-13-10-22(11-14-25)30-29(32(39)40-5-2)20(3)36-33-37(30)31(38)28(43-33)17-21-7-6-8-26(16-21)42-19-23-9-12-24(34)18-27(23)35/h4,6-14,16-18,30H,1,5,15,19H2,2-3H3/b28-17-/t30-/m0/s1. The number of thiazole rings is 1. The molecule has 7 nitrogen and oxygen atoms in total. The van der Waals surface area contributed by atoms with Gasteiger partial charge in [0.05, 0.1) is 28.5 Å². The van der Waals surface area contributed by atoms with Gasteiger partial charge in [0, 0.05) is 15.6 Å². The number of aromatic nitrogens is 1. The zero-order valence-electron chi connectivity index (χ0n) is 23.5. The lowest BCUT2D eigenvalue weighted by Gasteiger charge is -2.24. The summed E-state index contributed by atoms with van der Waals surface area (Å²) in [5.41, 5.74) is 2.85. The van der Waals surface area contributed by atoms with Crippen LogP contribution in [0.3, 0.4) is 0 Å². The summed E-state index contributed by atoms with van der Waals surface area (Å²) in [4.78, 5) is 32.2. The van der Waals surface area contributed by atoms with Crippen LogP contribution in [-0.2, 0) is 16.1 Å². The first-order valence-electron chi connectivity index (χ1n) is 13.5. The number of nitrogens with zero attached hydrogens (tertiary/aromatic N) is 2. The maximum absolute atomic E-state index is 13.9. The van der Waals surface area contributed by atoms with Crippen LogP contribution in [0, 0.1) is 0 Å². The minimum atomic E-state index is -0.718. The van der Waals surface area contributed by atoms with Crippen LogP contribution in [0.15, 0.2) is 100 Å². The van der Waals surface area contributed by atoms with Crippen LogP contribution in [0.5, 0.6) is 11.5 Å². The van der Waals surface area contributed by atoms with Crippen LogP contribution in [-0.4, -0.2) is 23.8 Å². The molecule has 1 atom stereocenters. The molecule has 0 N–H and O–H groups in total. The normalized spacial score (nSPS) is 14.6. The Morgan fingerprint density at radius 2 is 1.86 bits per heavy atom. The number of carbonyl (C=O) groups is 1. The number of hydrogen-bond acceptors (Lipinski definition) is 7. The molecular weight excluding hydrogens is 607 g/mol. The van der Waals surface area contributed by atoms with Crippen molar-refractivity contribution < 1.29 is 19.0 Å². The van der Waals surface area contributed by atoms with Crippen molar-refractivity contribution in [1.29, 1.82) is 0 Å². The minimum absolute atomic E-state index is 0.198. The first-order chi connectivity index (χ1) is 20.8. The highest BCUT2D eigenvalue weighted by Crippen LogP contribution is 2.32. The van der Waals surface area contributed by atoms with Crippen molar-refractivity contribution in [3.8, 4) is 11.5 Å². The molecule has 0 aliphatic carbocycles. The van der Waals surface area contributed by atoms with Gasteiger partial charge in [-0.1, -0.05) is 77.5 Å². The fourth-order valence-corrected chi connectivity index (χ4v) is 6.16. The van der Waals surface area contributed by atoms with Crippen molar-refractivity contribution in [2.45, 2.75) is 26.5 Å². The molecule has 10 heteroatoms. The van der Waals surface area contributed by atoms with Gasteiger partial charge in [-0.2, -0.15) is 0 Å². The average Bonchev–Trinajstić information content (AvgIpc) is 3.29. The maximum Gasteiger partial charge on any atom is 0.338 e. The third-order valence-corrected chi connectivity index (χ3v) is 8.22. The Kier molecular flexibility index (Phi) is 9.50. The molecule has 1 aliphatic rings. The number of hydrogen-bond donors (Lipinski definition) is 0. The van der Waals surface area contributed by atoms with E-state index in [1.54, 1.807) is 54.8 Å². The van der Waals surface area contributed by atoms with Crippen LogP contribution in [0.1, 0.15) is 36.6 Å². The Hall–Kier alpha value is -4.11. The van der Waals surface area contributed by atoms with Gasteiger partial charge in [-0.25, -0.2) is 9.79 Å². The summed E-state index contributed by atoms with van der Waals surface area (Å²) in [6, 6.07) is 19.2. The molecule has 5 rings (SSSR count). The lowest BCUT2D eigenvalue weighted by Crippen LogP contribution is -2.39. The van der Waals surface area contributed by atoms with Crippen LogP contribution in [0.4, 0.5) is 0 Å². The van der Waals surface area contributed by atoms with Gasteiger partial charge in [0.2, 0.25) is 0 Å². The molecule has 1 aliphatic heterocycles. The molecule has 0 fully saturated rings. The van der Waals surface area contributed by atoms with Crippen LogP contribution in [0.25, 0.3) is 6.08 Å². The van der Waals surface area contributed by atoms with E-state index in [-0.39, 0.29) is 18.8 Å². The molecule has 1 aromatic heterocycles. The lowest BCUT2D eigenvalue weighted by atomic mass is 9.96. The monoisotopic (exact) mass is 634 g/mol. The summed E-state index contributed by atoms with van der Waals surface area (Å²) in [5, 5.41) is 1.08. The highest BCUT2D eigenvalue weighted by molar-refractivity contribution is 7.07. The third-order valence-electron chi connectivity index (χ3n) is 6.65. The quantitative estimate of drug-likeness (QED) is 0.152. The number of rotatable bonds is 10. The molecule has 0 saturated heterocycles. The summed E-state index contributed by atoms with van der Waals surface area (Å²) < 4.78 is 19.0. The van der Waals surface area contributed by atoms with Crippen molar-refractivity contribution in [1.82, 2.24) is 4.57 Å².